The summed E-state index contributed by atoms with van der Waals surface area (Å²) in [5.74, 6) is -1.16. The molecule has 0 fully saturated rings. The molecule has 0 spiro atoms. The maximum Gasteiger partial charge on any atom is 0.336 e. The third-order valence-electron chi connectivity index (χ3n) is 3.27. The number of carboxylic acids is 1. The molecule has 22 heavy (non-hydrogen) atoms. The summed E-state index contributed by atoms with van der Waals surface area (Å²) < 4.78 is 27.0. The van der Waals surface area contributed by atoms with Crippen LogP contribution in [0.5, 0.6) is 0 Å². The Balaban J connectivity index is 2.31. The second-order valence-electron chi connectivity index (χ2n) is 4.87. The summed E-state index contributed by atoms with van der Waals surface area (Å²) in [4.78, 5) is 12.4. The van der Waals surface area contributed by atoms with Gasteiger partial charge in [0, 0.05) is 7.05 Å². The van der Waals surface area contributed by atoms with Gasteiger partial charge in [0.15, 0.2) is 0 Å². The average molecular weight is 324 g/mol. The van der Waals surface area contributed by atoms with Crippen LogP contribution >= 0.6 is 0 Å². The third-order valence-corrected chi connectivity index (χ3v) is 4.65. The molecule has 2 rings (SSSR count). The Kier molecular flexibility index (Phi) is 4.29. The highest BCUT2D eigenvalue weighted by Gasteiger charge is 2.19. The van der Waals surface area contributed by atoms with Gasteiger partial charge in [-0.15, -0.1) is 0 Å². The number of aryl methyl sites for hydroxylation is 2. The zero-order valence-electron chi connectivity index (χ0n) is 12.4. The van der Waals surface area contributed by atoms with E-state index in [0.29, 0.717) is 16.8 Å². The Labute approximate surface area is 127 Å². The first-order valence-electron chi connectivity index (χ1n) is 6.40. The SMILES string of the molecule is Cc1cc(S(=O)(=O)NCc2cnn(C)n2)cc(C(=O)O)c1C. The molecule has 8 nitrogen and oxygen atoms in total. The molecular formula is C13H16N4O4S. The normalized spacial score (nSPS) is 11.6. The molecule has 0 aliphatic carbocycles. The number of rotatable bonds is 5. The van der Waals surface area contributed by atoms with E-state index in [1.165, 1.54) is 17.1 Å². The number of aromatic nitrogens is 3. The van der Waals surface area contributed by atoms with E-state index in [1.807, 2.05) is 0 Å². The van der Waals surface area contributed by atoms with Gasteiger partial charge in [0.1, 0.15) is 0 Å². The molecule has 2 aromatic rings. The first kappa shape index (κ1) is 16.1. The molecule has 1 aromatic heterocycles. The van der Waals surface area contributed by atoms with Gasteiger partial charge in [0.25, 0.3) is 0 Å². The van der Waals surface area contributed by atoms with E-state index in [9.17, 15) is 13.2 Å². The summed E-state index contributed by atoms with van der Waals surface area (Å²) in [5.41, 5.74) is 1.58. The van der Waals surface area contributed by atoms with Gasteiger partial charge in [-0.2, -0.15) is 15.0 Å². The lowest BCUT2D eigenvalue weighted by molar-refractivity contribution is 0.0695. The van der Waals surface area contributed by atoms with Crippen LogP contribution in [0.3, 0.4) is 0 Å². The van der Waals surface area contributed by atoms with Crippen molar-refractivity contribution in [1.29, 1.82) is 0 Å². The minimum Gasteiger partial charge on any atom is -0.478 e. The summed E-state index contributed by atoms with van der Waals surface area (Å²) in [7, 11) is -2.21. The Morgan fingerprint density at radius 1 is 1.36 bits per heavy atom. The predicted molar refractivity (Wildman–Crippen MR) is 77.9 cm³/mol. The van der Waals surface area contributed by atoms with E-state index in [2.05, 4.69) is 14.9 Å². The van der Waals surface area contributed by atoms with Crippen molar-refractivity contribution in [3.63, 3.8) is 0 Å². The van der Waals surface area contributed by atoms with Crippen LogP contribution in [-0.2, 0) is 23.6 Å². The lowest BCUT2D eigenvalue weighted by atomic mass is 10.0. The van der Waals surface area contributed by atoms with Gasteiger partial charge in [0.05, 0.1) is 28.9 Å². The highest BCUT2D eigenvalue weighted by Crippen LogP contribution is 2.20. The van der Waals surface area contributed by atoms with Crippen molar-refractivity contribution in [3.05, 3.63) is 40.7 Å². The zero-order valence-corrected chi connectivity index (χ0v) is 13.2. The molecule has 1 aromatic carbocycles. The molecule has 0 saturated heterocycles. The van der Waals surface area contributed by atoms with Crippen molar-refractivity contribution >= 4 is 16.0 Å². The van der Waals surface area contributed by atoms with Crippen molar-refractivity contribution in [2.45, 2.75) is 25.3 Å². The van der Waals surface area contributed by atoms with Crippen LogP contribution < -0.4 is 4.72 Å². The monoisotopic (exact) mass is 324 g/mol. The first-order valence-corrected chi connectivity index (χ1v) is 7.88. The molecule has 0 aliphatic heterocycles. The van der Waals surface area contributed by atoms with Gasteiger partial charge in [-0.25, -0.2) is 17.9 Å². The zero-order chi connectivity index (χ0) is 16.5. The number of carboxylic acid groups (broad SMARTS) is 1. The number of sulfonamides is 1. The molecule has 0 amide bonds. The fourth-order valence-corrected chi connectivity index (χ4v) is 3.03. The molecule has 9 heteroatoms. The third kappa shape index (κ3) is 3.31. The Morgan fingerprint density at radius 2 is 2.05 bits per heavy atom. The fraction of sp³-hybridized carbons (Fsp3) is 0.308. The minimum atomic E-state index is -3.83. The van der Waals surface area contributed by atoms with Gasteiger partial charge < -0.3 is 5.11 Å². The highest BCUT2D eigenvalue weighted by molar-refractivity contribution is 7.89. The van der Waals surface area contributed by atoms with Crippen LogP contribution in [0, 0.1) is 13.8 Å². The van der Waals surface area contributed by atoms with E-state index in [1.54, 1.807) is 20.9 Å². The number of hydrogen-bond donors (Lipinski definition) is 2. The first-order chi connectivity index (χ1) is 10.2. The number of benzene rings is 1. The van der Waals surface area contributed by atoms with E-state index in [4.69, 9.17) is 5.11 Å². The Bertz CT molecular complexity index is 827. The second-order valence-corrected chi connectivity index (χ2v) is 6.63. The maximum atomic E-state index is 12.3. The topological polar surface area (TPSA) is 114 Å². The number of aromatic carboxylic acids is 1. The summed E-state index contributed by atoms with van der Waals surface area (Å²) in [6, 6.07) is 2.60. The average Bonchev–Trinajstić information content (AvgIpc) is 2.85. The molecule has 2 N–H and O–H groups in total. The molecule has 118 valence electrons. The summed E-state index contributed by atoms with van der Waals surface area (Å²) in [5, 5.41) is 17.0. The molecule has 0 atom stereocenters. The summed E-state index contributed by atoms with van der Waals surface area (Å²) >= 11 is 0. The Morgan fingerprint density at radius 3 is 2.59 bits per heavy atom. The van der Waals surface area contributed by atoms with Crippen LogP contribution in [0.4, 0.5) is 0 Å². The number of hydrogen-bond acceptors (Lipinski definition) is 5. The predicted octanol–water partition coefficient (Wildman–Crippen LogP) is 0.609. The van der Waals surface area contributed by atoms with Gasteiger partial charge in [-0.1, -0.05) is 0 Å². The molecule has 1 heterocycles. The van der Waals surface area contributed by atoms with Gasteiger partial charge in [-0.3, -0.25) is 0 Å². The van der Waals surface area contributed by atoms with Crippen LogP contribution in [-0.4, -0.2) is 34.5 Å². The van der Waals surface area contributed by atoms with Crippen LogP contribution in [0.25, 0.3) is 0 Å². The van der Waals surface area contributed by atoms with Crippen LogP contribution in [0.15, 0.2) is 23.2 Å². The molecule has 0 unspecified atom stereocenters. The number of nitrogens with one attached hydrogen (secondary N) is 1. The van der Waals surface area contributed by atoms with E-state index < -0.39 is 16.0 Å². The van der Waals surface area contributed by atoms with Crippen LogP contribution in [0.1, 0.15) is 27.2 Å². The van der Waals surface area contributed by atoms with E-state index in [0.717, 1.165) is 6.07 Å². The van der Waals surface area contributed by atoms with Gasteiger partial charge in [0.2, 0.25) is 10.0 Å². The molecule has 0 radical (unpaired) electrons. The second kappa shape index (κ2) is 5.85. The van der Waals surface area contributed by atoms with Crippen molar-refractivity contribution in [2.24, 2.45) is 7.05 Å². The van der Waals surface area contributed by atoms with Crippen LogP contribution in [0.2, 0.25) is 0 Å². The smallest absolute Gasteiger partial charge is 0.336 e. The largest absolute Gasteiger partial charge is 0.478 e. The van der Waals surface area contributed by atoms with Crippen molar-refractivity contribution < 1.29 is 18.3 Å². The number of nitrogens with zero attached hydrogens (tertiary/aromatic N) is 3. The summed E-state index contributed by atoms with van der Waals surface area (Å²) in [6.07, 6.45) is 1.45. The lowest BCUT2D eigenvalue weighted by Gasteiger charge is -2.10. The van der Waals surface area contributed by atoms with Crippen molar-refractivity contribution in [2.75, 3.05) is 0 Å². The fourth-order valence-electron chi connectivity index (χ4n) is 1.92. The molecule has 0 bridgehead atoms. The quantitative estimate of drug-likeness (QED) is 0.833. The van der Waals surface area contributed by atoms with E-state index in [-0.39, 0.29) is 17.0 Å². The van der Waals surface area contributed by atoms with E-state index >= 15 is 0 Å². The van der Waals surface area contributed by atoms with Gasteiger partial charge in [-0.05, 0) is 37.1 Å². The summed E-state index contributed by atoms with van der Waals surface area (Å²) in [6.45, 7) is 3.29. The lowest BCUT2D eigenvalue weighted by Crippen LogP contribution is -2.24. The minimum absolute atomic E-state index is 0.0223. The standard InChI is InChI=1S/C13H16N4O4S/c1-8-4-11(5-12(9(8)2)13(18)19)22(20,21)15-7-10-6-14-17(3)16-10/h4-6,15H,7H2,1-3H3,(H,18,19). The molecule has 0 aliphatic rings. The van der Waals surface area contributed by atoms with Crippen molar-refractivity contribution in [3.8, 4) is 0 Å². The molecule has 0 saturated carbocycles. The molecular weight excluding hydrogens is 308 g/mol. The van der Waals surface area contributed by atoms with Gasteiger partial charge >= 0.3 is 5.97 Å². The maximum absolute atomic E-state index is 12.3. The number of carbonyl (C=O) groups is 1. The van der Waals surface area contributed by atoms with Crippen molar-refractivity contribution in [1.82, 2.24) is 19.7 Å². The Hall–Kier alpha value is -2.26. The highest BCUT2D eigenvalue weighted by atomic mass is 32.2.